The van der Waals surface area contributed by atoms with E-state index in [9.17, 15) is 4.39 Å². The fourth-order valence-corrected chi connectivity index (χ4v) is 1.91. The molecule has 1 aromatic rings. The number of benzene rings is 1. The van der Waals surface area contributed by atoms with Crippen LogP contribution >= 0.6 is 11.6 Å². The zero-order valence-electron chi connectivity index (χ0n) is 9.99. The van der Waals surface area contributed by atoms with Crippen molar-refractivity contribution in [3.05, 3.63) is 35.6 Å². The van der Waals surface area contributed by atoms with E-state index in [2.05, 4.69) is 0 Å². The molecule has 0 amide bonds. The second-order valence-electron chi connectivity index (χ2n) is 3.77. The quantitative estimate of drug-likeness (QED) is 0.528. The Morgan fingerprint density at radius 1 is 1.24 bits per heavy atom. The Morgan fingerprint density at radius 2 is 2.00 bits per heavy atom. The predicted octanol–water partition coefficient (Wildman–Crippen LogP) is 3.20. The maximum absolute atomic E-state index is 13.5. The zero-order chi connectivity index (χ0) is 12.5. The molecule has 0 aromatic heterocycles. The summed E-state index contributed by atoms with van der Waals surface area (Å²) in [7, 11) is 1.63. The second-order valence-corrected chi connectivity index (χ2v) is 4.08. The van der Waals surface area contributed by atoms with Gasteiger partial charge in [0, 0.05) is 25.5 Å². The molecule has 0 fully saturated rings. The molecule has 0 bridgehead atoms. The van der Waals surface area contributed by atoms with E-state index in [-0.39, 0.29) is 11.7 Å². The molecule has 0 aliphatic heterocycles. The number of hydrogen-bond acceptors (Lipinski definition) is 2. The molecule has 2 nitrogen and oxygen atoms in total. The van der Waals surface area contributed by atoms with Gasteiger partial charge in [0.25, 0.3) is 0 Å². The molecule has 1 aromatic carbocycles. The Labute approximate surface area is 107 Å². The molecule has 0 saturated heterocycles. The Morgan fingerprint density at radius 3 is 2.65 bits per heavy atom. The number of hydrogen-bond donors (Lipinski definition) is 0. The molecular formula is C13H18ClFO2. The average molecular weight is 261 g/mol. The van der Waals surface area contributed by atoms with Crippen LogP contribution in [0.1, 0.15) is 17.9 Å². The van der Waals surface area contributed by atoms with Crippen LogP contribution in [0.4, 0.5) is 4.39 Å². The van der Waals surface area contributed by atoms with Crippen LogP contribution in [-0.4, -0.2) is 32.8 Å². The van der Waals surface area contributed by atoms with Crippen molar-refractivity contribution in [2.75, 3.05) is 32.8 Å². The fourth-order valence-electron chi connectivity index (χ4n) is 1.59. The summed E-state index contributed by atoms with van der Waals surface area (Å²) >= 11 is 5.87. The van der Waals surface area contributed by atoms with E-state index in [0.717, 1.165) is 0 Å². The SMILES string of the molecule is COCCOCCC(CCl)c1ccccc1F. The zero-order valence-corrected chi connectivity index (χ0v) is 10.8. The maximum atomic E-state index is 13.5. The van der Waals surface area contributed by atoms with Gasteiger partial charge in [0.2, 0.25) is 0 Å². The summed E-state index contributed by atoms with van der Waals surface area (Å²) in [6.45, 7) is 1.70. The Balaban J connectivity index is 2.41. The molecule has 1 atom stereocenters. The van der Waals surface area contributed by atoms with Crippen LogP contribution in [0.5, 0.6) is 0 Å². The highest BCUT2D eigenvalue weighted by molar-refractivity contribution is 6.18. The van der Waals surface area contributed by atoms with Gasteiger partial charge in [-0.05, 0) is 18.1 Å². The van der Waals surface area contributed by atoms with Crippen molar-refractivity contribution in [2.24, 2.45) is 0 Å². The first-order chi connectivity index (χ1) is 8.29. The predicted molar refractivity (Wildman–Crippen MR) is 67.2 cm³/mol. The molecule has 0 spiro atoms. The monoisotopic (exact) mass is 260 g/mol. The normalized spacial score (nSPS) is 12.6. The lowest BCUT2D eigenvalue weighted by atomic mass is 9.97. The number of halogens is 2. The highest BCUT2D eigenvalue weighted by Crippen LogP contribution is 2.23. The van der Waals surface area contributed by atoms with E-state index >= 15 is 0 Å². The van der Waals surface area contributed by atoms with E-state index in [4.69, 9.17) is 21.1 Å². The minimum Gasteiger partial charge on any atom is -0.382 e. The molecule has 0 aliphatic rings. The third-order valence-corrected chi connectivity index (χ3v) is 2.95. The van der Waals surface area contributed by atoms with E-state index in [1.165, 1.54) is 6.07 Å². The minimum atomic E-state index is -0.199. The highest BCUT2D eigenvalue weighted by atomic mass is 35.5. The fraction of sp³-hybridized carbons (Fsp3) is 0.538. The van der Waals surface area contributed by atoms with E-state index in [1.807, 2.05) is 6.07 Å². The van der Waals surface area contributed by atoms with Crippen molar-refractivity contribution < 1.29 is 13.9 Å². The number of alkyl halides is 1. The summed E-state index contributed by atoms with van der Waals surface area (Å²) in [5.74, 6) is 0.199. The summed E-state index contributed by atoms with van der Waals surface area (Å²) < 4.78 is 23.8. The number of methoxy groups -OCH3 is 1. The maximum Gasteiger partial charge on any atom is 0.126 e. The van der Waals surface area contributed by atoms with Gasteiger partial charge in [0.1, 0.15) is 5.82 Å². The van der Waals surface area contributed by atoms with Crippen molar-refractivity contribution >= 4 is 11.6 Å². The first-order valence-corrected chi connectivity index (χ1v) is 6.20. The summed E-state index contributed by atoms with van der Waals surface area (Å²) in [6.07, 6.45) is 0.716. The largest absolute Gasteiger partial charge is 0.382 e. The molecule has 17 heavy (non-hydrogen) atoms. The minimum absolute atomic E-state index is 0.000381. The lowest BCUT2D eigenvalue weighted by molar-refractivity contribution is 0.0675. The topological polar surface area (TPSA) is 18.5 Å². The van der Waals surface area contributed by atoms with Crippen LogP contribution in [0.25, 0.3) is 0 Å². The standard InChI is InChI=1S/C13H18ClFO2/c1-16-8-9-17-7-6-11(10-14)12-4-2-3-5-13(12)15/h2-5,11H,6-10H2,1H3. The molecule has 0 aliphatic carbocycles. The highest BCUT2D eigenvalue weighted by Gasteiger charge is 2.14. The van der Waals surface area contributed by atoms with E-state index in [0.29, 0.717) is 37.7 Å². The molecule has 0 N–H and O–H groups in total. The lowest BCUT2D eigenvalue weighted by Crippen LogP contribution is -2.09. The van der Waals surface area contributed by atoms with Gasteiger partial charge in [0.15, 0.2) is 0 Å². The molecule has 4 heteroatoms. The molecular weight excluding hydrogens is 243 g/mol. The summed E-state index contributed by atoms with van der Waals surface area (Å²) in [5, 5.41) is 0. The molecule has 0 saturated carbocycles. The van der Waals surface area contributed by atoms with Crippen LogP contribution in [0, 0.1) is 5.82 Å². The molecule has 96 valence electrons. The van der Waals surface area contributed by atoms with Gasteiger partial charge in [-0.25, -0.2) is 4.39 Å². The van der Waals surface area contributed by atoms with Crippen LogP contribution < -0.4 is 0 Å². The average Bonchev–Trinajstić information content (AvgIpc) is 2.35. The first kappa shape index (κ1) is 14.4. The Bertz CT molecular complexity index is 320. The van der Waals surface area contributed by atoms with Crippen molar-refractivity contribution in [3.63, 3.8) is 0 Å². The molecule has 0 heterocycles. The van der Waals surface area contributed by atoms with Crippen LogP contribution in [0.15, 0.2) is 24.3 Å². The lowest BCUT2D eigenvalue weighted by Gasteiger charge is -2.15. The van der Waals surface area contributed by atoms with Crippen LogP contribution in [0.3, 0.4) is 0 Å². The van der Waals surface area contributed by atoms with Gasteiger partial charge in [-0.3, -0.25) is 0 Å². The molecule has 1 rings (SSSR count). The number of rotatable bonds is 8. The third kappa shape index (κ3) is 5.02. The van der Waals surface area contributed by atoms with E-state index in [1.54, 1.807) is 19.2 Å². The Hall–Kier alpha value is -0.640. The second kappa shape index (κ2) is 8.45. The van der Waals surface area contributed by atoms with Crippen molar-refractivity contribution in [1.82, 2.24) is 0 Å². The third-order valence-electron chi connectivity index (χ3n) is 2.57. The van der Waals surface area contributed by atoms with Crippen LogP contribution in [0.2, 0.25) is 0 Å². The van der Waals surface area contributed by atoms with Gasteiger partial charge in [-0.15, -0.1) is 11.6 Å². The van der Waals surface area contributed by atoms with Gasteiger partial charge in [-0.2, -0.15) is 0 Å². The van der Waals surface area contributed by atoms with Crippen molar-refractivity contribution in [3.8, 4) is 0 Å². The van der Waals surface area contributed by atoms with Gasteiger partial charge in [-0.1, -0.05) is 18.2 Å². The smallest absolute Gasteiger partial charge is 0.126 e. The van der Waals surface area contributed by atoms with Crippen LogP contribution in [-0.2, 0) is 9.47 Å². The molecule has 1 unspecified atom stereocenters. The van der Waals surface area contributed by atoms with Gasteiger partial charge < -0.3 is 9.47 Å². The van der Waals surface area contributed by atoms with Crippen molar-refractivity contribution in [2.45, 2.75) is 12.3 Å². The van der Waals surface area contributed by atoms with Gasteiger partial charge in [0.05, 0.1) is 13.2 Å². The molecule has 0 radical (unpaired) electrons. The Kier molecular flexibility index (Phi) is 7.17. The first-order valence-electron chi connectivity index (χ1n) is 5.66. The van der Waals surface area contributed by atoms with Crippen molar-refractivity contribution in [1.29, 1.82) is 0 Å². The summed E-state index contributed by atoms with van der Waals surface area (Å²) in [6, 6.07) is 6.74. The number of ether oxygens (including phenoxy) is 2. The summed E-state index contributed by atoms with van der Waals surface area (Å²) in [4.78, 5) is 0. The van der Waals surface area contributed by atoms with Gasteiger partial charge >= 0.3 is 0 Å². The van der Waals surface area contributed by atoms with E-state index < -0.39 is 0 Å². The summed E-state index contributed by atoms with van der Waals surface area (Å²) in [5.41, 5.74) is 0.665.